The van der Waals surface area contributed by atoms with Gasteiger partial charge in [-0.1, -0.05) is 20.3 Å². The molecule has 0 saturated heterocycles. The molecule has 4 nitrogen and oxygen atoms in total. The number of hydrogen-bond donors (Lipinski definition) is 2. The third-order valence-corrected chi connectivity index (χ3v) is 2.31. The first-order chi connectivity index (χ1) is 7.00. The second kappa shape index (κ2) is 4.96. The Morgan fingerprint density at radius 3 is 2.73 bits per heavy atom. The molecule has 0 amide bonds. The minimum Gasteiger partial charge on any atom is -0.476 e. The highest BCUT2D eigenvalue weighted by molar-refractivity contribution is 5.86. The maximum atomic E-state index is 10.8. The molecule has 15 heavy (non-hydrogen) atoms. The van der Waals surface area contributed by atoms with E-state index in [1.165, 1.54) is 0 Å². The summed E-state index contributed by atoms with van der Waals surface area (Å²) in [5, 5.41) is 8.91. The molecular formula is C11H18N2O2. The molecular weight excluding hydrogens is 192 g/mol. The van der Waals surface area contributed by atoms with Gasteiger partial charge in [-0.2, -0.15) is 0 Å². The second-order valence-corrected chi connectivity index (χ2v) is 4.24. The first-order valence-electron chi connectivity index (χ1n) is 5.29. The molecule has 0 atom stereocenters. The highest BCUT2D eigenvalue weighted by atomic mass is 16.4. The topological polar surface area (TPSA) is 66.0 Å². The molecule has 4 heteroatoms. The Kier molecular flexibility index (Phi) is 3.88. The van der Waals surface area contributed by atoms with Gasteiger partial charge in [-0.05, 0) is 25.7 Å². The van der Waals surface area contributed by atoms with Gasteiger partial charge < -0.3 is 10.1 Å². The lowest BCUT2D eigenvalue weighted by Crippen LogP contribution is -2.02. The maximum Gasteiger partial charge on any atom is 0.356 e. The van der Waals surface area contributed by atoms with E-state index in [-0.39, 0.29) is 5.69 Å². The van der Waals surface area contributed by atoms with Crippen molar-refractivity contribution < 1.29 is 9.90 Å². The highest BCUT2D eigenvalue weighted by Gasteiger charge is 2.14. The van der Waals surface area contributed by atoms with Crippen molar-refractivity contribution in [3.63, 3.8) is 0 Å². The molecule has 0 aliphatic carbocycles. The number of nitrogens with one attached hydrogen (secondary N) is 1. The monoisotopic (exact) mass is 210 g/mol. The number of carbonyl (C=O) groups is 1. The molecule has 0 aromatic carbocycles. The largest absolute Gasteiger partial charge is 0.476 e. The number of carboxylic acids is 1. The predicted octanol–water partition coefficient (Wildman–Crippen LogP) is 2.40. The van der Waals surface area contributed by atoms with Gasteiger partial charge in [0, 0.05) is 5.69 Å². The molecule has 2 N–H and O–H groups in total. The predicted molar refractivity (Wildman–Crippen MR) is 58.1 cm³/mol. The lowest BCUT2D eigenvalue weighted by atomic mass is 10.0. The number of hydrogen-bond acceptors (Lipinski definition) is 2. The summed E-state index contributed by atoms with van der Waals surface area (Å²) < 4.78 is 0. The van der Waals surface area contributed by atoms with Crippen LogP contribution in [0.4, 0.5) is 0 Å². The number of nitrogens with zero attached hydrogens (tertiary/aromatic N) is 1. The zero-order valence-electron chi connectivity index (χ0n) is 9.50. The molecule has 0 spiro atoms. The van der Waals surface area contributed by atoms with Crippen LogP contribution in [0.5, 0.6) is 0 Å². The van der Waals surface area contributed by atoms with Crippen LogP contribution in [-0.4, -0.2) is 21.0 Å². The minimum absolute atomic E-state index is 0.177. The first kappa shape index (κ1) is 11.8. The van der Waals surface area contributed by atoms with Crippen molar-refractivity contribution in [1.82, 2.24) is 9.97 Å². The van der Waals surface area contributed by atoms with E-state index in [1.54, 1.807) is 6.92 Å². The van der Waals surface area contributed by atoms with Crippen molar-refractivity contribution in [2.45, 2.75) is 40.0 Å². The average molecular weight is 210 g/mol. The standard InChI is InChI=1S/C11H18N2O2/c1-7(2)5-4-6-9-10(11(14)15)13-8(3)12-9/h7H,4-6H2,1-3H3,(H,12,13)(H,14,15). The Morgan fingerprint density at radius 1 is 1.53 bits per heavy atom. The normalized spacial score (nSPS) is 10.9. The van der Waals surface area contributed by atoms with E-state index in [4.69, 9.17) is 5.11 Å². The van der Waals surface area contributed by atoms with E-state index in [2.05, 4.69) is 23.8 Å². The zero-order chi connectivity index (χ0) is 11.4. The lowest BCUT2D eigenvalue weighted by molar-refractivity contribution is 0.0689. The molecule has 84 valence electrons. The van der Waals surface area contributed by atoms with Crippen molar-refractivity contribution in [2.75, 3.05) is 0 Å². The maximum absolute atomic E-state index is 10.8. The molecule has 0 fully saturated rings. The molecule has 1 rings (SSSR count). The number of carboxylic acid groups (broad SMARTS) is 1. The minimum atomic E-state index is -0.945. The van der Waals surface area contributed by atoms with Gasteiger partial charge in [-0.25, -0.2) is 9.78 Å². The van der Waals surface area contributed by atoms with Crippen LogP contribution in [0.25, 0.3) is 0 Å². The third-order valence-electron chi connectivity index (χ3n) is 2.31. The number of imidazole rings is 1. The second-order valence-electron chi connectivity index (χ2n) is 4.24. The van der Waals surface area contributed by atoms with Crippen LogP contribution < -0.4 is 0 Å². The molecule has 1 heterocycles. The molecule has 0 radical (unpaired) electrons. The van der Waals surface area contributed by atoms with E-state index in [1.807, 2.05) is 0 Å². The summed E-state index contributed by atoms with van der Waals surface area (Å²) in [6.45, 7) is 6.10. The summed E-state index contributed by atoms with van der Waals surface area (Å²) in [7, 11) is 0. The molecule has 0 saturated carbocycles. The Labute approximate surface area is 89.7 Å². The summed E-state index contributed by atoms with van der Waals surface area (Å²) in [5.41, 5.74) is 0.928. The van der Waals surface area contributed by atoms with E-state index in [0.29, 0.717) is 11.7 Å². The van der Waals surface area contributed by atoms with Gasteiger partial charge in [-0.15, -0.1) is 0 Å². The molecule has 1 aromatic heterocycles. The Balaban J connectivity index is 2.63. The number of aromatic carboxylic acids is 1. The number of H-pyrrole nitrogens is 1. The van der Waals surface area contributed by atoms with Gasteiger partial charge in [0.05, 0.1) is 0 Å². The van der Waals surface area contributed by atoms with Crippen LogP contribution in [0.2, 0.25) is 0 Å². The van der Waals surface area contributed by atoms with Crippen LogP contribution in [0.3, 0.4) is 0 Å². The first-order valence-corrected chi connectivity index (χ1v) is 5.29. The zero-order valence-corrected chi connectivity index (χ0v) is 9.50. The SMILES string of the molecule is Cc1nc(C(=O)O)c(CCCC(C)C)[nH]1. The smallest absolute Gasteiger partial charge is 0.356 e. The van der Waals surface area contributed by atoms with Crippen LogP contribution in [0.1, 0.15) is 48.7 Å². The van der Waals surface area contributed by atoms with Crippen molar-refractivity contribution in [3.05, 3.63) is 17.2 Å². The highest BCUT2D eigenvalue weighted by Crippen LogP contribution is 2.12. The van der Waals surface area contributed by atoms with Crippen LogP contribution in [-0.2, 0) is 6.42 Å². The number of rotatable bonds is 5. The van der Waals surface area contributed by atoms with Crippen molar-refractivity contribution in [3.8, 4) is 0 Å². The summed E-state index contributed by atoms with van der Waals surface area (Å²) in [6, 6.07) is 0. The van der Waals surface area contributed by atoms with Crippen molar-refractivity contribution in [2.24, 2.45) is 5.92 Å². The number of aromatic nitrogens is 2. The summed E-state index contributed by atoms with van der Waals surface area (Å²) in [6.07, 6.45) is 2.87. The third kappa shape index (κ3) is 3.38. The van der Waals surface area contributed by atoms with Crippen molar-refractivity contribution >= 4 is 5.97 Å². The van der Waals surface area contributed by atoms with Gasteiger partial charge in [0.2, 0.25) is 0 Å². The van der Waals surface area contributed by atoms with E-state index in [0.717, 1.165) is 25.0 Å². The Morgan fingerprint density at radius 2 is 2.20 bits per heavy atom. The van der Waals surface area contributed by atoms with Gasteiger partial charge in [0.25, 0.3) is 0 Å². The van der Waals surface area contributed by atoms with Gasteiger partial charge >= 0.3 is 5.97 Å². The summed E-state index contributed by atoms with van der Waals surface area (Å²) in [4.78, 5) is 17.8. The van der Waals surface area contributed by atoms with Gasteiger partial charge in [-0.3, -0.25) is 0 Å². The fourth-order valence-corrected chi connectivity index (χ4v) is 1.59. The summed E-state index contributed by atoms with van der Waals surface area (Å²) in [5.74, 6) is 0.383. The van der Waals surface area contributed by atoms with E-state index >= 15 is 0 Å². The van der Waals surface area contributed by atoms with Crippen LogP contribution in [0.15, 0.2) is 0 Å². The fourth-order valence-electron chi connectivity index (χ4n) is 1.59. The molecule has 1 aromatic rings. The molecule has 0 aliphatic heterocycles. The molecule has 0 bridgehead atoms. The summed E-state index contributed by atoms with van der Waals surface area (Å²) >= 11 is 0. The van der Waals surface area contributed by atoms with Gasteiger partial charge in [0.1, 0.15) is 5.82 Å². The van der Waals surface area contributed by atoms with Crippen LogP contribution >= 0.6 is 0 Å². The fraction of sp³-hybridized carbons (Fsp3) is 0.636. The van der Waals surface area contributed by atoms with Crippen molar-refractivity contribution in [1.29, 1.82) is 0 Å². The Hall–Kier alpha value is -1.32. The molecule has 0 unspecified atom stereocenters. The molecule has 0 aliphatic rings. The van der Waals surface area contributed by atoms with Crippen LogP contribution in [0, 0.1) is 12.8 Å². The Bertz CT molecular complexity index is 342. The van der Waals surface area contributed by atoms with Gasteiger partial charge in [0.15, 0.2) is 5.69 Å². The van der Waals surface area contributed by atoms with E-state index < -0.39 is 5.97 Å². The van der Waals surface area contributed by atoms with E-state index in [9.17, 15) is 4.79 Å². The average Bonchev–Trinajstić information content (AvgIpc) is 2.46. The number of aryl methyl sites for hydroxylation is 2. The quantitative estimate of drug-likeness (QED) is 0.784. The number of aromatic amines is 1. The lowest BCUT2D eigenvalue weighted by Gasteiger charge is -2.03.